The molecule has 7 heteroatoms. The van der Waals surface area contributed by atoms with Crippen LogP contribution >= 0.6 is 0 Å². The normalized spacial score (nSPS) is 16.5. The largest absolute Gasteiger partial charge is 0.507 e. The molecular weight excluding hydrogens is 494 g/mol. The van der Waals surface area contributed by atoms with Crippen LogP contribution in [0.4, 0.5) is 0 Å². The van der Waals surface area contributed by atoms with Gasteiger partial charge >= 0.3 is 0 Å². The van der Waals surface area contributed by atoms with Gasteiger partial charge in [0, 0.05) is 25.8 Å². The van der Waals surface area contributed by atoms with E-state index >= 15 is 0 Å². The van der Waals surface area contributed by atoms with E-state index in [9.17, 15) is 14.7 Å². The van der Waals surface area contributed by atoms with Gasteiger partial charge in [0.1, 0.15) is 23.9 Å². The van der Waals surface area contributed by atoms with Crippen LogP contribution in [0.3, 0.4) is 0 Å². The SMILES string of the molecule is CCCOc1ccc([C@@H]2C(=C(O)c3ccc(OCc4cccc(C)c4)cc3)C(=O)C(=O)N2CCCOC)cc1. The predicted octanol–water partition coefficient (Wildman–Crippen LogP) is 5.82. The third kappa shape index (κ3) is 6.67. The Hall–Kier alpha value is -4.10. The Labute approximate surface area is 229 Å². The molecule has 3 aromatic rings. The fourth-order valence-electron chi connectivity index (χ4n) is 4.64. The van der Waals surface area contributed by atoms with Crippen LogP contribution in [0.15, 0.2) is 78.4 Å². The first-order valence-corrected chi connectivity index (χ1v) is 13.2. The molecule has 1 saturated heterocycles. The average Bonchev–Trinajstić information content (AvgIpc) is 3.20. The van der Waals surface area contributed by atoms with Gasteiger partial charge in [-0.15, -0.1) is 0 Å². The summed E-state index contributed by atoms with van der Waals surface area (Å²) in [6.45, 7) is 5.84. The molecular formula is C32H35NO6. The highest BCUT2D eigenvalue weighted by atomic mass is 16.5. The molecule has 7 nitrogen and oxygen atoms in total. The number of rotatable bonds is 12. The van der Waals surface area contributed by atoms with Gasteiger partial charge in [-0.05, 0) is 67.3 Å². The van der Waals surface area contributed by atoms with Crippen LogP contribution in [0.5, 0.6) is 11.5 Å². The molecule has 4 rings (SSSR count). The predicted molar refractivity (Wildman–Crippen MR) is 150 cm³/mol. The molecule has 1 heterocycles. The molecule has 1 amide bonds. The summed E-state index contributed by atoms with van der Waals surface area (Å²) in [7, 11) is 1.59. The molecule has 1 aliphatic heterocycles. The molecule has 1 N–H and O–H groups in total. The Morgan fingerprint density at radius 1 is 0.923 bits per heavy atom. The Morgan fingerprint density at radius 2 is 1.62 bits per heavy atom. The molecule has 39 heavy (non-hydrogen) atoms. The number of nitrogens with zero attached hydrogens (tertiary/aromatic N) is 1. The van der Waals surface area contributed by atoms with Crippen molar-refractivity contribution >= 4 is 17.4 Å². The zero-order valence-electron chi connectivity index (χ0n) is 22.7. The molecule has 3 aromatic carbocycles. The molecule has 0 radical (unpaired) electrons. The van der Waals surface area contributed by atoms with E-state index in [0.717, 1.165) is 23.1 Å². The summed E-state index contributed by atoms with van der Waals surface area (Å²) in [5, 5.41) is 11.3. The van der Waals surface area contributed by atoms with E-state index in [4.69, 9.17) is 14.2 Å². The number of ether oxygens (including phenoxy) is 3. The Morgan fingerprint density at radius 3 is 2.28 bits per heavy atom. The van der Waals surface area contributed by atoms with E-state index in [1.165, 1.54) is 4.90 Å². The maximum absolute atomic E-state index is 13.2. The summed E-state index contributed by atoms with van der Waals surface area (Å²) in [5.74, 6) is -0.224. The van der Waals surface area contributed by atoms with Crippen molar-refractivity contribution in [3.05, 3.63) is 101 Å². The number of amides is 1. The monoisotopic (exact) mass is 529 g/mol. The number of ketones is 1. The quantitative estimate of drug-likeness (QED) is 0.138. The van der Waals surface area contributed by atoms with E-state index in [-0.39, 0.29) is 11.3 Å². The van der Waals surface area contributed by atoms with Crippen LogP contribution in [-0.4, -0.2) is 48.6 Å². The maximum atomic E-state index is 13.2. The zero-order chi connectivity index (χ0) is 27.8. The number of Topliss-reactive ketones (excluding diaryl/α,β-unsaturated/α-hetero) is 1. The summed E-state index contributed by atoms with van der Waals surface area (Å²) in [6, 6.07) is 21.5. The number of aryl methyl sites for hydroxylation is 1. The van der Waals surface area contributed by atoms with E-state index in [2.05, 4.69) is 6.07 Å². The van der Waals surface area contributed by atoms with Crippen LogP contribution in [-0.2, 0) is 20.9 Å². The second kappa shape index (κ2) is 13.1. The molecule has 204 valence electrons. The molecule has 0 aliphatic carbocycles. The Kier molecular flexibility index (Phi) is 9.39. The van der Waals surface area contributed by atoms with Crippen LogP contribution in [0.25, 0.3) is 5.76 Å². The van der Waals surface area contributed by atoms with Gasteiger partial charge in [0.25, 0.3) is 11.7 Å². The second-order valence-electron chi connectivity index (χ2n) is 9.56. The summed E-state index contributed by atoms with van der Waals surface area (Å²) >= 11 is 0. The molecule has 1 atom stereocenters. The minimum absolute atomic E-state index is 0.0630. The lowest BCUT2D eigenvalue weighted by molar-refractivity contribution is -0.140. The number of benzene rings is 3. The zero-order valence-corrected chi connectivity index (χ0v) is 22.7. The van der Waals surface area contributed by atoms with E-state index in [1.54, 1.807) is 31.4 Å². The lowest BCUT2D eigenvalue weighted by Crippen LogP contribution is -2.31. The number of hydrogen-bond donors (Lipinski definition) is 1. The fourth-order valence-corrected chi connectivity index (χ4v) is 4.64. The Balaban J connectivity index is 1.62. The van der Waals surface area contributed by atoms with E-state index in [0.29, 0.717) is 49.8 Å². The first kappa shape index (κ1) is 27.9. The van der Waals surface area contributed by atoms with Gasteiger partial charge in [-0.2, -0.15) is 0 Å². The minimum Gasteiger partial charge on any atom is -0.507 e. The maximum Gasteiger partial charge on any atom is 0.295 e. The summed E-state index contributed by atoms with van der Waals surface area (Å²) in [4.78, 5) is 27.8. The molecule has 1 fully saturated rings. The number of aliphatic hydroxyl groups excluding tert-OH is 1. The fraction of sp³-hybridized carbons (Fsp3) is 0.312. The van der Waals surface area contributed by atoms with E-state index < -0.39 is 17.7 Å². The first-order valence-electron chi connectivity index (χ1n) is 13.2. The van der Waals surface area contributed by atoms with Crippen LogP contribution in [0.2, 0.25) is 0 Å². The molecule has 0 spiro atoms. The van der Waals surface area contributed by atoms with Crippen molar-refractivity contribution < 1.29 is 28.9 Å². The number of carbonyl (C=O) groups is 2. The van der Waals surface area contributed by atoms with Crippen molar-refractivity contribution in [3.8, 4) is 11.5 Å². The second-order valence-corrected chi connectivity index (χ2v) is 9.56. The van der Waals surface area contributed by atoms with Crippen LogP contribution < -0.4 is 9.47 Å². The molecule has 0 aromatic heterocycles. The summed E-state index contributed by atoms with van der Waals surface area (Å²) in [6.07, 6.45) is 1.45. The van der Waals surface area contributed by atoms with Gasteiger partial charge in [0.05, 0.1) is 18.2 Å². The highest BCUT2D eigenvalue weighted by Crippen LogP contribution is 2.40. The van der Waals surface area contributed by atoms with Crippen molar-refractivity contribution in [1.82, 2.24) is 4.90 Å². The van der Waals surface area contributed by atoms with Crippen LogP contribution in [0.1, 0.15) is 48.1 Å². The third-order valence-corrected chi connectivity index (χ3v) is 6.57. The van der Waals surface area contributed by atoms with Gasteiger partial charge in [-0.1, -0.05) is 48.9 Å². The van der Waals surface area contributed by atoms with Gasteiger partial charge in [-0.3, -0.25) is 9.59 Å². The lowest BCUT2D eigenvalue weighted by atomic mass is 9.95. The van der Waals surface area contributed by atoms with Crippen molar-refractivity contribution in [1.29, 1.82) is 0 Å². The third-order valence-electron chi connectivity index (χ3n) is 6.57. The van der Waals surface area contributed by atoms with Crippen LogP contribution in [0, 0.1) is 6.92 Å². The van der Waals surface area contributed by atoms with Gasteiger partial charge in [0.15, 0.2) is 0 Å². The average molecular weight is 530 g/mol. The number of hydrogen-bond acceptors (Lipinski definition) is 6. The van der Waals surface area contributed by atoms with Crippen molar-refractivity contribution in [2.45, 2.75) is 39.3 Å². The highest BCUT2D eigenvalue weighted by Gasteiger charge is 2.45. The van der Waals surface area contributed by atoms with E-state index in [1.807, 2.05) is 56.3 Å². The van der Waals surface area contributed by atoms with Gasteiger partial charge in [-0.25, -0.2) is 0 Å². The van der Waals surface area contributed by atoms with Crippen molar-refractivity contribution in [2.75, 3.05) is 26.9 Å². The smallest absolute Gasteiger partial charge is 0.295 e. The number of carbonyl (C=O) groups excluding carboxylic acids is 2. The standard InChI is InChI=1S/C32H35NO6/c1-4-18-38-26-13-9-24(10-14-26)29-28(31(35)32(36)33(29)17-6-19-37-3)30(34)25-11-15-27(16-12-25)39-21-23-8-5-7-22(2)20-23/h5,7-16,20,29,34H,4,6,17-19,21H2,1-3H3/t29-/m1/s1. The highest BCUT2D eigenvalue weighted by molar-refractivity contribution is 6.46. The van der Waals surface area contributed by atoms with Crippen molar-refractivity contribution in [3.63, 3.8) is 0 Å². The van der Waals surface area contributed by atoms with Crippen molar-refractivity contribution in [2.24, 2.45) is 0 Å². The molecule has 1 aliphatic rings. The summed E-state index contributed by atoms with van der Waals surface area (Å²) < 4.78 is 16.7. The minimum atomic E-state index is -0.723. The molecule has 0 saturated carbocycles. The lowest BCUT2D eigenvalue weighted by Gasteiger charge is -2.25. The van der Waals surface area contributed by atoms with Gasteiger partial charge in [0.2, 0.25) is 0 Å². The summed E-state index contributed by atoms with van der Waals surface area (Å²) in [5.41, 5.74) is 3.43. The number of likely N-dealkylation sites (tertiary alicyclic amines) is 1. The number of methoxy groups -OCH3 is 1. The first-order chi connectivity index (χ1) is 18.9. The molecule has 0 bridgehead atoms. The van der Waals surface area contributed by atoms with Gasteiger partial charge < -0.3 is 24.2 Å². The number of aliphatic hydroxyl groups is 1. The Bertz CT molecular complexity index is 1310. The topological polar surface area (TPSA) is 85.3 Å². The molecule has 0 unspecified atom stereocenters.